The van der Waals surface area contributed by atoms with Gasteiger partial charge in [-0.15, -0.1) is 0 Å². The number of nitrogens with one attached hydrogen (secondary N) is 1. The monoisotopic (exact) mass is 266 g/mol. The van der Waals surface area contributed by atoms with E-state index >= 15 is 0 Å². The van der Waals surface area contributed by atoms with Crippen molar-refractivity contribution >= 4 is 6.09 Å². The third-order valence-corrected chi connectivity index (χ3v) is 2.69. The van der Waals surface area contributed by atoms with Crippen LogP contribution in [-0.4, -0.2) is 32.5 Å². The number of carbonyl (C=O) groups is 1. The molecule has 104 valence electrons. The minimum atomic E-state index is -0.757. The molecule has 0 atom stereocenters. The van der Waals surface area contributed by atoms with Crippen molar-refractivity contribution < 1.29 is 19.0 Å². The molecular weight excluding hydrogens is 248 g/mol. The summed E-state index contributed by atoms with van der Waals surface area (Å²) >= 11 is 0. The third-order valence-electron chi connectivity index (χ3n) is 2.69. The van der Waals surface area contributed by atoms with E-state index in [1.807, 2.05) is 18.2 Å². The number of nitrogens with two attached hydrogens (primary N) is 1. The quantitative estimate of drug-likeness (QED) is 0.778. The Bertz CT molecular complexity index is 437. The number of hydrogen-bond donors (Lipinski definition) is 2. The van der Waals surface area contributed by atoms with Crippen LogP contribution < -0.4 is 20.5 Å². The topological polar surface area (TPSA) is 82.8 Å². The number of para-hydroxylation sites is 1. The Hall–Kier alpha value is -1.95. The molecule has 0 spiro atoms. The summed E-state index contributed by atoms with van der Waals surface area (Å²) < 4.78 is 15.9. The van der Waals surface area contributed by atoms with Crippen LogP contribution in [0.2, 0.25) is 0 Å². The molecule has 0 saturated heterocycles. The highest BCUT2D eigenvalue weighted by atomic mass is 16.5. The highest BCUT2D eigenvalue weighted by Crippen LogP contribution is 2.32. The van der Waals surface area contributed by atoms with Crippen molar-refractivity contribution in [3.05, 3.63) is 23.8 Å². The van der Waals surface area contributed by atoms with Gasteiger partial charge in [0.15, 0.2) is 11.5 Å². The van der Waals surface area contributed by atoms with Gasteiger partial charge in [-0.25, -0.2) is 4.79 Å². The molecule has 0 saturated carbocycles. The van der Waals surface area contributed by atoms with Crippen molar-refractivity contribution in [2.45, 2.75) is 13.0 Å². The number of rotatable bonds is 5. The normalized spacial score (nSPS) is 13.7. The molecule has 0 radical (unpaired) electrons. The lowest BCUT2D eigenvalue weighted by Gasteiger charge is -2.12. The Balaban J connectivity index is 1.88. The van der Waals surface area contributed by atoms with E-state index < -0.39 is 6.09 Å². The van der Waals surface area contributed by atoms with E-state index in [1.165, 1.54) is 0 Å². The van der Waals surface area contributed by atoms with Crippen LogP contribution in [0.1, 0.15) is 12.0 Å². The van der Waals surface area contributed by atoms with Crippen molar-refractivity contribution in [3.8, 4) is 11.5 Å². The molecule has 2 rings (SSSR count). The lowest BCUT2D eigenvalue weighted by molar-refractivity contribution is 0.157. The molecule has 0 bridgehead atoms. The van der Waals surface area contributed by atoms with Crippen LogP contribution >= 0.6 is 0 Å². The molecule has 1 aromatic carbocycles. The number of fused-ring (bicyclic) bond motifs is 1. The van der Waals surface area contributed by atoms with Crippen LogP contribution in [0, 0.1) is 0 Å². The van der Waals surface area contributed by atoms with Gasteiger partial charge in [-0.05, 0) is 6.07 Å². The fourth-order valence-electron chi connectivity index (χ4n) is 1.84. The molecule has 1 heterocycles. The first-order chi connectivity index (χ1) is 9.27. The van der Waals surface area contributed by atoms with Gasteiger partial charge in [0, 0.05) is 25.1 Å². The molecule has 19 heavy (non-hydrogen) atoms. The second kappa shape index (κ2) is 6.84. The van der Waals surface area contributed by atoms with Crippen LogP contribution in [0.5, 0.6) is 11.5 Å². The van der Waals surface area contributed by atoms with Crippen LogP contribution in [-0.2, 0) is 11.3 Å². The summed E-state index contributed by atoms with van der Waals surface area (Å²) in [5, 5.41) is 3.16. The summed E-state index contributed by atoms with van der Waals surface area (Å²) in [4.78, 5) is 10.4. The minimum absolute atomic E-state index is 0.252. The summed E-state index contributed by atoms with van der Waals surface area (Å²) in [7, 11) is 0. The van der Waals surface area contributed by atoms with Gasteiger partial charge < -0.3 is 25.3 Å². The zero-order valence-electron chi connectivity index (χ0n) is 10.7. The molecule has 0 fully saturated rings. The van der Waals surface area contributed by atoms with E-state index in [4.69, 9.17) is 15.2 Å². The van der Waals surface area contributed by atoms with Crippen LogP contribution in [0.15, 0.2) is 18.2 Å². The van der Waals surface area contributed by atoms with Crippen LogP contribution in [0.4, 0.5) is 4.79 Å². The fraction of sp³-hybridized carbons (Fsp3) is 0.462. The number of ether oxygens (including phenoxy) is 3. The molecular formula is C13H18N2O4. The van der Waals surface area contributed by atoms with Crippen molar-refractivity contribution in [2.24, 2.45) is 5.73 Å². The van der Waals surface area contributed by atoms with Gasteiger partial charge in [0.2, 0.25) is 0 Å². The second-order valence-electron chi connectivity index (χ2n) is 4.14. The first-order valence-corrected chi connectivity index (χ1v) is 6.28. The third kappa shape index (κ3) is 4.03. The summed E-state index contributed by atoms with van der Waals surface area (Å²) in [6.45, 7) is 2.75. The van der Waals surface area contributed by atoms with Gasteiger partial charge in [-0.2, -0.15) is 0 Å². The summed E-state index contributed by atoms with van der Waals surface area (Å²) in [5.74, 6) is 1.58. The van der Waals surface area contributed by atoms with Crippen LogP contribution in [0.25, 0.3) is 0 Å². The molecule has 6 nitrogen and oxygen atoms in total. The second-order valence-corrected chi connectivity index (χ2v) is 4.14. The van der Waals surface area contributed by atoms with E-state index in [9.17, 15) is 4.79 Å². The molecule has 0 aliphatic carbocycles. The molecule has 0 unspecified atom stereocenters. The van der Waals surface area contributed by atoms with Crippen LogP contribution in [0.3, 0.4) is 0 Å². The number of primary amides is 1. The first kappa shape index (κ1) is 13.5. The average molecular weight is 266 g/mol. The highest BCUT2D eigenvalue weighted by Gasteiger charge is 2.13. The van der Waals surface area contributed by atoms with E-state index in [-0.39, 0.29) is 6.61 Å². The summed E-state index contributed by atoms with van der Waals surface area (Å²) in [6, 6.07) is 5.82. The van der Waals surface area contributed by atoms with Gasteiger partial charge in [-0.1, -0.05) is 12.1 Å². The molecule has 6 heteroatoms. The predicted molar refractivity (Wildman–Crippen MR) is 69.3 cm³/mol. The number of amides is 1. The fourth-order valence-corrected chi connectivity index (χ4v) is 1.84. The van der Waals surface area contributed by atoms with Gasteiger partial charge in [0.1, 0.15) is 6.61 Å². The maximum atomic E-state index is 10.4. The van der Waals surface area contributed by atoms with Crippen molar-refractivity contribution in [3.63, 3.8) is 0 Å². The largest absolute Gasteiger partial charge is 0.490 e. The molecule has 3 N–H and O–H groups in total. The minimum Gasteiger partial charge on any atom is -0.490 e. The molecule has 1 aliphatic rings. The summed E-state index contributed by atoms with van der Waals surface area (Å²) in [6.07, 6.45) is 0.126. The van der Waals surface area contributed by atoms with Gasteiger partial charge in [0.05, 0.1) is 13.2 Å². The molecule has 1 aromatic rings. The molecule has 1 aliphatic heterocycles. The van der Waals surface area contributed by atoms with E-state index in [2.05, 4.69) is 10.1 Å². The molecule has 1 amide bonds. The Labute approximate surface area is 111 Å². The number of hydrogen-bond acceptors (Lipinski definition) is 5. The Kier molecular flexibility index (Phi) is 4.85. The Morgan fingerprint density at radius 3 is 3.05 bits per heavy atom. The van der Waals surface area contributed by atoms with Gasteiger partial charge in [-0.3, -0.25) is 0 Å². The van der Waals surface area contributed by atoms with Crippen molar-refractivity contribution in [2.75, 3.05) is 26.4 Å². The van der Waals surface area contributed by atoms with E-state index in [1.54, 1.807) is 0 Å². The zero-order chi connectivity index (χ0) is 13.5. The lowest BCUT2D eigenvalue weighted by Crippen LogP contribution is -2.23. The lowest BCUT2D eigenvalue weighted by atomic mass is 10.2. The van der Waals surface area contributed by atoms with Gasteiger partial charge >= 0.3 is 6.09 Å². The SMILES string of the molecule is NC(=O)OCCNCc1cccc2c1OCCCO2. The van der Waals surface area contributed by atoms with E-state index in [0.717, 1.165) is 23.5 Å². The maximum absolute atomic E-state index is 10.4. The standard InChI is InChI=1S/C13H18N2O4/c14-13(16)19-8-5-15-9-10-3-1-4-11-12(10)18-7-2-6-17-11/h1,3-4,15H,2,5-9H2,(H2,14,16). The number of benzene rings is 1. The summed E-state index contributed by atoms with van der Waals surface area (Å²) in [5.41, 5.74) is 5.90. The maximum Gasteiger partial charge on any atom is 0.404 e. The Morgan fingerprint density at radius 2 is 2.21 bits per heavy atom. The average Bonchev–Trinajstić information content (AvgIpc) is 2.63. The predicted octanol–water partition coefficient (Wildman–Crippen LogP) is 1.03. The highest BCUT2D eigenvalue weighted by molar-refractivity contribution is 5.64. The number of carbonyl (C=O) groups excluding carboxylic acids is 1. The Morgan fingerprint density at radius 1 is 1.37 bits per heavy atom. The van der Waals surface area contributed by atoms with Gasteiger partial charge in [0.25, 0.3) is 0 Å². The van der Waals surface area contributed by atoms with E-state index in [0.29, 0.717) is 26.3 Å². The van der Waals surface area contributed by atoms with Crippen molar-refractivity contribution in [1.29, 1.82) is 0 Å². The smallest absolute Gasteiger partial charge is 0.404 e. The first-order valence-electron chi connectivity index (χ1n) is 6.28. The molecule has 0 aromatic heterocycles. The van der Waals surface area contributed by atoms with Crippen molar-refractivity contribution in [1.82, 2.24) is 5.32 Å². The zero-order valence-corrected chi connectivity index (χ0v) is 10.7.